The number of carbonyl (C=O) groups excluding carboxylic acids is 1. The summed E-state index contributed by atoms with van der Waals surface area (Å²) in [6.45, 7) is 10.0. The fraction of sp³-hybridized carbons (Fsp3) is 0.533. The minimum Gasteiger partial charge on any atom is -0.297 e. The highest BCUT2D eigenvalue weighted by Gasteiger charge is 2.32. The van der Waals surface area contributed by atoms with E-state index < -0.39 is 5.54 Å². The van der Waals surface area contributed by atoms with Crippen LogP contribution in [0.3, 0.4) is 0 Å². The Hall–Kier alpha value is -0.670. The molecule has 1 aromatic rings. The lowest BCUT2D eigenvalue weighted by atomic mass is 9.91. The summed E-state index contributed by atoms with van der Waals surface area (Å²) in [4.78, 5) is 14.6. The molecule has 0 amide bonds. The van der Waals surface area contributed by atoms with Crippen molar-refractivity contribution in [2.75, 3.05) is 13.1 Å². The standard InChI is InChI=1S/C15H22BrNO/c1-5-17(6-2)15(3,4)14(18)11-12-7-9-13(16)10-8-12/h7-10H,5-6,11H2,1-4H3. The van der Waals surface area contributed by atoms with Crippen molar-refractivity contribution in [3.8, 4) is 0 Å². The van der Waals surface area contributed by atoms with Crippen LogP contribution in [-0.4, -0.2) is 29.3 Å². The lowest BCUT2D eigenvalue weighted by Crippen LogP contribution is -2.50. The number of nitrogens with zero attached hydrogens (tertiary/aromatic N) is 1. The minimum absolute atomic E-state index is 0.272. The van der Waals surface area contributed by atoms with Gasteiger partial charge in [0.15, 0.2) is 5.78 Å². The quantitative estimate of drug-likeness (QED) is 0.798. The molecule has 18 heavy (non-hydrogen) atoms. The molecule has 0 saturated heterocycles. The van der Waals surface area contributed by atoms with Gasteiger partial charge in [-0.1, -0.05) is 41.9 Å². The number of rotatable bonds is 6. The van der Waals surface area contributed by atoms with Crippen LogP contribution < -0.4 is 0 Å². The van der Waals surface area contributed by atoms with Crippen molar-refractivity contribution in [1.82, 2.24) is 4.90 Å². The molecule has 0 fully saturated rings. The van der Waals surface area contributed by atoms with Gasteiger partial charge in [-0.15, -0.1) is 0 Å². The van der Waals surface area contributed by atoms with E-state index in [-0.39, 0.29) is 5.78 Å². The summed E-state index contributed by atoms with van der Waals surface area (Å²) < 4.78 is 1.04. The Morgan fingerprint density at radius 3 is 2.11 bits per heavy atom. The van der Waals surface area contributed by atoms with E-state index in [2.05, 4.69) is 34.7 Å². The van der Waals surface area contributed by atoms with Gasteiger partial charge < -0.3 is 0 Å². The minimum atomic E-state index is -0.392. The number of hydrogen-bond acceptors (Lipinski definition) is 2. The molecule has 0 bridgehead atoms. The fourth-order valence-corrected chi connectivity index (χ4v) is 2.46. The highest BCUT2D eigenvalue weighted by atomic mass is 79.9. The third-order valence-electron chi connectivity index (χ3n) is 3.51. The van der Waals surface area contributed by atoms with E-state index in [0.29, 0.717) is 6.42 Å². The van der Waals surface area contributed by atoms with Crippen molar-refractivity contribution < 1.29 is 4.79 Å². The van der Waals surface area contributed by atoms with Crippen molar-refractivity contribution in [2.45, 2.75) is 39.7 Å². The summed E-state index contributed by atoms with van der Waals surface area (Å²) in [5, 5.41) is 0. The Balaban J connectivity index is 2.78. The summed E-state index contributed by atoms with van der Waals surface area (Å²) in [5.41, 5.74) is 0.680. The third kappa shape index (κ3) is 3.66. The molecule has 3 heteroatoms. The topological polar surface area (TPSA) is 20.3 Å². The predicted octanol–water partition coefficient (Wildman–Crippen LogP) is 3.68. The van der Waals surface area contributed by atoms with E-state index in [9.17, 15) is 4.79 Å². The average Bonchev–Trinajstić information content (AvgIpc) is 2.33. The van der Waals surface area contributed by atoms with Crippen molar-refractivity contribution in [1.29, 1.82) is 0 Å². The van der Waals surface area contributed by atoms with Crippen LogP contribution in [0.4, 0.5) is 0 Å². The van der Waals surface area contributed by atoms with Crippen molar-refractivity contribution in [3.63, 3.8) is 0 Å². The Bertz CT molecular complexity index is 393. The van der Waals surface area contributed by atoms with Gasteiger partial charge in [-0.25, -0.2) is 0 Å². The van der Waals surface area contributed by atoms with Crippen LogP contribution >= 0.6 is 15.9 Å². The van der Waals surface area contributed by atoms with E-state index in [1.54, 1.807) is 0 Å². The molecule has 1 rings (SSSR count). The molecule has 0 N–H and O–H groups in total. The molecule has 2 nitrogen and oxygen atoms in total. The maximum atomic E-state index is 12.4. The summed E-state index contributed by atoms with van der Waals surface area (Å²) in [7, 11) is 0. The van der Waals surface area contributed by atoms with E-state index >= 15 is 0 Å². The van der Waals surface area contributed by atoms with Gasteiger partial charge in [-0.2, -0.15) is 0 Å². The van der Waals surface area contributed by atoms with Crippen LogP contribution in [-0.2, 0) is 11.2 Å². The SMILES string of the molecule is CCN(CC)C(C)(C)C(=O)Cc1ccc(Br)cc1. The van der Waals surface area contributed by atoms with Gasteiger partial charge in [0, 0.05) is 10.9 Å². The molecular formula is C15H22BrNO. The number of benzene rings is 1. The zero-order chi connectivity index (χ0) is 13.8. The number of Topliss-reactive ketones (excluding diaryl/α,β-unsaturated/α-hetero) is 1. The number of halogens is 1. The van der Waals surface area contributed by atoms with Crippen LogP contribution in [0.5, 0.6) is 0 Å². The predicted molar refractivity (Wildman–Crippen MR) is 79.9 cm³/mol. The molecule has 0 atom stereocenters. The second-order valence-corrected chi connectivity index (χ2v) is 5.87. The maximum absolute atomic E-state index is 12.4. The Kier molecular flexibility index (Phi) is 5.54. The highest BCUT2D eigenvalue weighted by molar-refractivity contribution is 9.10. The summed E-state index contributed by atoms with van der Waals surface area (Å²) in [6, 6.07) is 7.96. The van der Waals surface area contributed by atoms with Gasteiger partial charge in [-0.05, 0) is 44.6 Å². The van der Waals surface area contributed by atoms with Gasteiger partial charge in [0.1, 0.15) is 0 Å². The van der Waals surface area contributed by atoms with E-state index in [4.69, 9.17) is 0 Å². The second kappa shape index (κ2) is 6.48. The summed E-state index contributed by atoms with van der Waals surface area (Å²) in [5.74, 6) is 0.272. The van der Waals surface area contributed by atoms with Gasteiger partial charge in [0.2, 0.25) is 0 Å². The number of ketones is 1. The first-order chi connectivity index (χ1) is 8.41. The van der Waals surface area contributed by atoms with Gasteiger partial charge in [0.25, 0.3) is 0 Å². The monoisotopic (exact) mass is 311 g/mol. The molecular weight excluding hydrogens is 290 g/mol. The summed E-state index contributed by atoms with van der Waals surface area (Å²) in [6.07, 6.45) is 0.497. The first-order valence-corrected chi connectivity index (χ1v) is 7.23. The highest BCUT2D eigenvalue weighted by Crippen LogP contribution is 2.19. The third-order valence-corrected chi connectivity index (χ3v) is 4.04. The van der Waals surface area contributed by atoms with Gasteiger partial charge in [0.05, 0.1) is 5.54 Å². The van der Waals surface area contributed by atoms with Crippen LogP contribution in [0, 0.1) is 0 Å². The van der Waals surface area contributed by atoms with Crippen molar-refractivity contribution in [2.24, 2.45) is 0 Å². The van der Waals surface area contributed by atoms with Gasteiger partial charge >= 0.3 is 0 Å². The smallest absolute Gasteiger partial charge is 0.156 e. The Morgan fingerprint density at radius 1 is 1.17 bits per heavy atom. The number of carbonyl (C=O) groups is 1. The van der Waals surface area contributed by atoms with E-state index in [0.717, 1.165) is 23.1 Å². The van der Waals surface area contributed by atoms with Crippen LogP contribution in [0.15, 0.2) is 28.7 Å². The van der Waals surface area contributed by atoms with Crippen LogP contribution in [0.25, 0.3) is 0 Å². The largest absolute Gasteiger partial charge is 0.297 e. The van der Waals surface area contributed by atoms with Crippen LogP contribution in [0.2, 0.25) is 0 Å². The fourth-order valence-electron chi connectivity index (χ4n) is 2.19. The molecule has 0 heterocycles. The number of likely N-dealkylation sites (N-methyl/N-ethyl adjacent to an activating group) is 1. The molecule has 0 aliphatic carbocycles. The molecule has 0 aliphatic heterocycles. The average molecular weight is 312 g/mol. The molecule has 0 radical (unpaired) electrons. The molecule has 0 saturated carbocycles. The molecule has 0 spiro atoms. The van der Waals surface area contributed by atoms with Crippen LogP contribution in [0.1, 0.15) is 33.3 Å². The Morgan fingerprint density at radius 2 is 1.67 bits per heavy atom. The first kappa shape index (κ1) is 15.4. The first-order valence-electron chi connectivity index (χ1n) is 6.44. The molecule has 0 aliphatic rings. The second-order valence-electron chi connectivity index (χ2n) is 4.96. The van der Waals surface area contributed by atoms with Crippen molar-refractivity contribution in [3.05, 3.63) is 34.3 Å². The van der Waals surface area contributed by atoms with E-state index in [1.165, 1.54) is 0 Å². The normalized spacial score (nSPS) is 11.9. The number of hydrogen-bond donors (Lipinski definition) is 0. The molecule has 0 aromatic heterocycles. The lowest BCUT2D eigenvalue weighted by Gasteiger charge is -2.35. The Labute approximate surface area is 119 Å². The molecule has 100 valence electrons. The lowest BCUT2D eigenvalue weighted by molar-refractivity contribution is -0.128. The summed E-state index contributed by atoms with van der Waals surface area (Å²) >= 11 is 3.40. The van der Waals surface area contributed by atoms with E-state index in [1.807, 2.05) is 38.1 Å². The van der Waals surface area contributed by atoms with Crippen molar-refractivity contribution >= 4 is 21.7 Å². The molecule has 1 aromatic carbocycles. The zero-order valence-corrected chi connectivity index (χ0v) is 13.3. The molecule has 0 unspecified atom stereocenters. The maximum Gasteiger partial charge on any atom is 0.156 e. The van der Waals surface area contributed by atoms with Gasteiger partial charge in [-0.3, -0.25) is 9.69 Å². The zero-order valence-electron chi connectivity index (χ0n) is 11.7.